The topological polar surface area (TPSA) is 144 Å². The van der Waals surface area contributed by atoms with E-state index in [1.54, 1.807) is 44.2 Å². The van der Waals surface area contributed by atoms with Crippen LogP contribution in [-0.2, 0) is 40.2 Å². The number of carbonyl (C=O) groups excluding carboxylic acids is 3. The summed E-state index contributed by atoms with van der Waals surface area (Å²) in [5.41, 5.74) is -2.31. The van der Waals surface area contributed by atoms with Gasteiger partial charge in [0.15, 0.2) is 17.6 Å². The number of ether oxygens (including phenoxy) is 2. The molecule has 6 atom stereocenters. The highest BCUT2D eigenvalue weighted by Crippen LogP contribution is 2.46. The molecule has 11 nitrogen and oxygen atoms in total. The Morgan fingerprint density at radius 2 is 2.03 bits per heavy atom. The number of amides is 1. The minimum atomic E-state index is -3.48. The molecule has 37 heavy (non-hydrogen) atoms. The quantitative estimate of drug-likeness (QED) is 0.166. The second-order valence-electron chi connectivity index (χ2n) is 8.74. The number of terminal acetylenes is 1. The fourth-order valence-electron chi connectivity index (χ4n) is 3.60. The Hall–Kier alpha value is -2.62. The first-order valence-corrected chi connectivity index (χ1v) is 14.1. The van der Waals surface area contributed by atoms with Gasteiger partial charge in [-0.15, -0.1) is 6.42 Å². The number of allylic oxidation sites excluding steroid dienone is 1. The van der Waals surface area contributed by atoms with Crippen molar-refractivity contribution in [1.82, 2.24) is 9.99 Å². The van der Waals surface area contributed by atoms with Crippen molar-refractivity contribution < 1.29 is 43.1 Å². The lowest BCUT2D eigenvalue weighted by molar-refractivity contribution is -0.153. The van der Waals surface area contributed by atoms with Crippen LogP contribution in [0.5, 0.6) is 5.75 Å². The molecule has 3 N–H and O–H groups in total. The zero-order chi connectivity index (χ0) is 27.4. The number of rotatable bonds is 10. The van der Waals surface area contributed by atoms with Crippen LogP contribution in [0.2, 0.25) is 0 Å². The minimum Gasteiger partial charge on any atom is -0.462 e. The molecule has 13 heteroatoms. The van der Waals surface area contributed by atoms with Crippen LogP contribution in [0.4, 0.5) is 0 Å². The molecule has 0 bridgehead atoms. The van der Waals surface area contributed by atoms with E-state index in [0.29, 0.717) is 5.75 Å². The third-order valence-electron chi connectivity index (χ3n) is 5.44. The molecule has 1 amide bonds. The zero-order valence-corrected chi connectivity index (χ0v) is 22.2. The number of hydrogen-bond acceptors (Lipinski definition) is 10. The highest BCUT2D eigenvalue weighted by Gasteiger charge is 2.58. The standard InChI is InChI=1S/C24H29N2O9PS/c1-5-24(31)21(29)19(34-23(24)26-12-11-17(27)13-20(26)28)14-32-36(37,35-18-9-7-6-8-10-18)25-16(4)22(30)33-15(2)3/h1,6-12,15-16,19,21,23,29,31H,13-14H2,2-4H3,(H,25,37)/t16-,19+,21+,23+,24+,36?/m0/s1. The van der Waals surface area contributed by atoms with Crippen molar-refractivity contribution in [3.63, 3.8) is 0 Å². The van der Waals surface area contributed by atoms with E-state index in [4.69, 9.17) is 36.8 Å². The molecule has 0 aliphatic carbocycles. The van der Waals surface area contributed by atoms with Gasteiger partial charge in [-0.2, -0.15) is 0 Å². The van der Waals surface area contributed by atoms with Gasteiger partial charge in [0.05, 0.1) is 19.1 Å². The van der Waals surface area contributed by atoms with E-state index >= 15 is 0 Å². The Balaban J connectivity index is 1.80. The molecule has 1 saturated heterocycles. The number of carbonyl (C=O) groups is 3. The average Bonchev–Trinajstić information content (AvgIpc) is 3.08. The van der Waals surface area contributed by atoms with Gasteiger partial charge in [0.25, 0.3) is 0 Å². The van der Waals surface area contributed by atoms with Gasteiger partial charge in [0.2, 0.25) is 5.91 Å². The second kappa shape index (κ2) is 11.8. The Labute approximate surface area is 219 Å². The van der Waals surface area contributed by atoms with Crippen LogP contribution in [0.3, 0.4) is 0 Å². The number of aliphatic hydroxyl groups is 2. The van der Waals surface area contributed by atoms with Crippen LogP contribution in [0, 0.1) is 12.3 Å². The highest BCUT2D eigenvalue weighted by atomic mass is 32.5. The number of aliphatic hydroxyl groups excluding tert-OH is 1. The summed E-state index contributed by atoms with van der Waals surface area (Å²) in [5.74, 6) is 0.803. The molecule has 2 aliphatic heterocycles. The molecule has 1 aromatic rings. The molecule has 3 rings (SSSR count). The van der Waals surface area contributed by atoms with Crippen LogP contribution in [0.15, 0.2) is 42.6 Å². The molecule has 0 radical (unpaired) electrons. The highest BCUT2D eigenvalue weighted by molar-refractivity contribution is 8.09. The molecule has 2 aliphatic rings. The lowest BCUT2D eigenvalue weighted by Gasteiger charge is -2.33. The van der Waals surface area contributed by atoms with Crippen LogP contribution in [0.1, 0.15) is 27.2 Å². The van der Waals surface area contributed by atoms with Crippen molar-refractivity contribution in [1.29, 1.82) is 0 Å². The molecule has 1 aromatic carbocycles. The maximum Gasteiger partial charge on any atom is 0.323 e. The van der Waals surface area contributed by atoms with Gasteiger partial charge in [0.1, 0.15) is 24.0 Å². The zero-order valence-electron chi connectivity index (χ0n) is 20.5. The van der Waals surface area contributed by atoms with E-state index in [9.17, 15) is 24.6 Å². The largest absolute Gasteiger partial charge is 0.462 e. The van der Waals surface area contributed by atoms with Crippen molar-refractivity contribution in [3.8, 4) is 18.1 Å². The normalized spacial score (nSPS) is 28.0. The maximum atomic E-state index is 12.4. The van der Waals surface area contributed by atoms with Crippen molar-refractivity contribution in [3.05, 3.63) is 42.6 Å². The summed E-state index contributed by atoms with van der Waals surface area (Å²) in [6.07, 6.45) is 2.58. The van der Waals surface area contributed by atoms with Crippen LogP contribution in [0.25, 0.3) is 0 Å². The van der Waals surface area contributed by atoms with E-state index in [-0.39, 0.29) is 6.10 Å². The van der Waals surface area contributed by atoms with Crippen molar-refractivity contribution in [2.24, 2.45) is 0 Å². The molecule has 1 unspecified atom stereocenters. The first-order chi connectivity index (χ1) is 17.4. The van der Waals surface area contributed by atoms with Crippen LogP contribution in [-0.4, -0.2) is 75.6 Å². The Kier molecular flexibility index (Phi) is 9.26. The Morgan fingerprint density at radius 3 is 2.62 bits per heavy atom. The van der Waals surface area contributed by atoms with E-state index in [0.717, 1.165) is 17.2 Å². The summed E-state index contributed by atoms with van der Waals surface area (Å²) < 4.78 is 22.7. The van der Waals surface area contributed by atoms with Crippen molar-refractivity contribution in [2.45, 2.75) is 63.4 Å². The number of ketones is 1. The Bertz CT molecular complexity index is 1140. The maximum absolute atomic E-state index is 12.4. The van der Waals surface area contributed by atoms with E-state index in [1.807, 2.05) is 0 Å². The third kappa shape index (κ3) is 6.83. The van der Waals surface area contributed by atoms with Crippen molar-refractivity contribution >= 4 is 36.1 Å². The number of para-hydroxylation sites is 1. The molecule has 1 fully saturated rings. The number of nitrogens with one attached hydrogen (secondary N) is 1. The Morgan fingerprint density at radius 1 is 1.35 bits per heavy atom. The van der Waals surface area contributed by atoms with Gasteiger partial charge < -0.3 is 28.7 Å². The van der Waals surface area contributed by atoms with Crippen LogP contribution >= 0.6 is 6.64 Å². The van der Waals surface area contributed by atoms with Gasteiger partial charge in [-0.05, 0) is 50.8 Å². The number of esters is 1. The van der Waals surface area contributed by atoms with Crippen LogP contribution < -0.4 is 9.61 Å². The summed E-state index contributed by atoms with van der Waals surface area (Å²) in [4.78, 5) is 37.3. The molecular formula is C24H29N2O9PS. The predicted octanol–water partition coefficient (Wildman–Crippen LogP) is 1.00. The fraction of sp³-hybridized carbons (Fsp3) is 0.458. The van der Waals surface area contributed by atoms with Gasteiger partial charge >= 0.3 is 12.6 Å². The molecule has 200 valence electrons. The third-order valence-corrected chi connectivity index (χ3v) is 7.94. The lowest BCUT2D eigenvalue weighted by Crippen LogP contribution is -2.55. The molecule has 2 heterocycles. The molecule has 0 spiro atoms. The molecular weight excluding hydrogens is 523 g/mol. The van der Waals surface area contributed by atoms with E-state index < -0.39 is 67.4 Å². The summed E-state index contributed by atoms with van der Waals surface area (Å²) in [6.45, 7) is 1.05. The van der Waals surface area contributed by atoms with Gasteiger partial charge in [0, 0.05) is 6.20 Å². The smallest absolute Gasteiger partial charge is 0.323 e. The predicted molar refractivity (Wildman–Crippen MR) is 135 cm³/mol. The first-order valence-electron chi connectivity index (χ1n) is 11.4. The monoisotopic (exact) mass is 552 g/mol. The number of benzene rings is 1. The van der Waals surface area contributed by atoms with Gasteiger partial charge in [-0.3, -0.25) is 19.3 Å². The number of nitrogens with zero attached hydrogens (tertiary/aromatic N) is 1. The molecule has 0 saturated carbocycles. The molecule has 0 aromatic heterocycles. The van der Waals surface area contributed by atoms with Crippen molar-refractivity contribution in [2.75, 3.05) is 6.61 Å². The lowest BCUT2D eigenvalue weighted by atomic mass is 9.94. The SMILES string of the molecule is C#C[C@@]1(O)[C@H](O)[C@@H](COP(=S)(N[C@@H](C)C(=O)OC(C)C)Oc2ccccc2)O[C@H]1N1C=CC(=O)CC1=O. The fourth-order valence-corrected chi connectivity index (χ4v) is 6.02. The summed E-state index contributed by atoms with van der Waals surface area (Å²) >= 11 is 5.63. The first kappa shape index (κ1) is 28.9. The minimum absolute atomic E-state index is 0.354. The van der Waals surface area contributed by atoms with Gasteiger partial charge in [-0.25, -0.2) is 5.09 Å². The summed E-state index contributed by atoms with van der Waals surface area (Å²) in [6, 6.07) is 7.61. The van der Waals surface area contributed by atoms with E-state index in [1.165, 1.54) is 6.92 Å². The summed E-state index contributed by atoms with van der Waals surface area (Å²) in [7, 11) is 0. The summed E-state index contributed by atoms with van der Waals surface area (Å²) in [5, 5.41) is 24.7. The van der Waals surface area contributed by atoms with Gasteiger partial charge in [-0.1, -0.05) is 24.1 Å². The number of hydrogen-bond donors (Lipinski definition) is 3. The van der Waals surface area contributed by atoms with E-state index in [2.05, 4.69) is 11.0 Å². The average molecular weight is 553 g/mol. The second-order valence-corrected chi connectivity index (χ2v) is 11.9.